The highest BCUT2D eigenvalue weighted by Crippen LogP contribution is 2.19. The molecule has 3 rings (SSSR count). The van der Waals surface area contributed by atoms with Crippen molar-refractivity contribution in [3.8, 4) is 0 Å². The molecule has 0 spiro atoms. The molecule has 1 aromatic heterocycles. The smallest absolute Gasteiger partial charge is 0.271 e. The number of nitrogens with zero attached hydrogens (tertiary/aromatic N) is 3. The van der Waals surface area contributed by atoms with Gasteiger partial charge in [-0.05, 0) is 18.9 Å². The Morgan fingerprint density at radius 3 is 2.89 bits per heavy atom. The van der Waals surface area contributed by atoms with E-state index in [-0.39, 0.29) is 11.2 Å². The largest absolute Gasteiger partial charge is 0.296 e. The molecule has 2 heterocycles. The predicted octanol–water partition coefficient (Wildman–Crippen LogP) is 2.03. The van der Waals surface area contributed by atoms with Gasteiger partial charge in [0.15, 0.2) is 0 Å². The van der Waals surface area contributed by atoms with Crippen LogP contribution in [0.5, 0.6) is 0 Å². The Morgan fingerprint density at radius 2 is 2.11 bits per heavy atom. The Kier molecular flexibility index (Phi) is 2.77. The second-order valence-electron chi connectivity index (χ2n) is 4.75. The van der Waals surface area contributed by atoms with Gasteiger partial charge in [-0.2, -0.15) is 0 Å². The lowest BCUT2D eigenvalue weighted by atomic mass is 10.2. The average molecular weight is 259 g/mol. The summed E-state index contributed by atoms with van der Waals surface area (Å²) in [5.41, 5.74) is 0.308. The van der Waals surface area contributed by atoms with Gasteiger partial charge in [0.2, 0.25) is 0 Å². The van der Waals surface area contributed by atoms with Crippen molar-refractivity contribution in [2.75, 3.05) is 0 Å². The fourth-order valence-corrected chi connectivity index (χ4v) is 2.52. The normalized spacial score (nSPS) is 14.9. The first kappa shape index (κ1) is 11.8. The van der Waals surface area contributed by atoms with Crippen LogP contribution in [0.25, 0.3) is 10.9 Å². The topological polar surface area (TPSA) is 78.0 Å². The lowest BCUT2D eigenvalue weighted by Gasteiger charge is -2.09. The number of aryl methyl sites for hydroxylation is 1. The highest BCUT2D eigenvalue weighted by molar-refractivity contribution is 5.80. The first-order chi connectivity index (χ1) is 9.16. The predicted molar refractivity (Wildman–Crippen MR) is 70.2 cm³/mol. The molecule has 0 bridgehead atoms. The van der Waals surface area contributed by atoms with Crippen molar-refractivity contribution in [1.29, 1.82) is 0 Å². The summed E-state index contributed by atoms with van der Waals surface area (Å²) >= 11 is 0. The Labute approximate surface area is 108 Å². The van der Waals surface area contributed by atoms with Crippen LogP contribution in [-0.2, 0) is 13.0 Å². The minimum Gasteiger partial charge on any atom is -0.296 e. The molecule has 0 unspecified atom stereocenters. The van der Waals surface area contributed by atoms with E-state index in [4.69, 9.17) is 0 Å². The molecular formula is C13H13N3O3. The highest BCUT2D eigenvalue weighted by atomic mass is 16.6. The van der Waals surface area contributed by atoms with Crippen LogP contribution < -0.4 is 5.56 Å². The molecule has 1 aromatic carbocycles. The zero-order valence-corrected chi connectivity index (χ0v) is 10.3. The third kappa shape index (κ3) is 1.99. The first-order valence-electron chi connectivity index (χ1n) is 6.35. The van der Waals surface area contributed by atoms with Crippen molar-refractivity contribution in [1.82, 2.24) is 9.55 Å². The second-order valence-corrected chi connectivity index (χ2v) is 4.75. The summed E-state index contributed by atoms with van der Waals surface area (Å²) in [6, 6.07) is 4.23. The van der Waals surface area contributed by atoms with E-state index < -0.39 is 4.92 Å². The van der Waals surface area contributed by atoms with Crippen LogP contribution >= 0.6 is 0 Å². The molecule has 0 aliphatic carbocycles. The number of hydrogen-bond acceptors (Lipinski definition) is 4. The van der Waals surface area contributed by atoms with Crippen LogP contribution in [0.2, 0.25) is 0 Å². The SMILES string of the molecule is O=c1c2ccc([N+](=O)[O-])cc2nc2n1CCCCC2. The van der Waals surface area contributed by atoms with E-state index in [2.05, 4.69) is 4.98 Å². The van der Waals surface area contributed by atoms with Crippen molar-refractivity contribution < 1.29 is 4.92 Å². The number of non-ortho nitro benzene ring substituents is 1. The summed E-state index contributed by atoms with van der Waals surface area (Å²) in [7, 11) is 0. The molecule has 1 aliphatic rings. The third-order valence-electron chi connectivity index (χ3n) is 3.51. The van der Waals surface area contributed by atoms with Gasteiger partial charge in [-0.25, -0.2) is 4.98 Å². The number of benzene rings is 1. The van der Waals surface area contributed by atoms with Crippen molar-refractivity contribution >= 4 is 16.6 Å². The molecule has 1 aliphatic heterocycles. The van der Waals surface area contributed by atoms with Crippen molar-refractivity contribution in [3.63, 3.8) is 0 Å². The Morgan fingerprint density at radius 1 is 1.26 bits per heavy atom. The van der Waals surface area contributed by atoms with Gasteiger partial charge in [0.1, 0.15) is 5.82 Å². The number of nitro benzene ring substituents is 1. The number of fused-ring (bicyclic) bond motifs is 2. The first-order valence-corrected chi connectivity index (χ1v) is 6.35. The molecule has 0 radical (unpaired) electrons. The number of hydrogen-bond donors (Lipinski definition) is 0. The van der Waals surface area contributed by atoms with E-state index in [1.165, 1.54) is 18.2 Å². The van der Waals surface area contributed by atoms with Crippen molar-refractivity contribution in [2.45, 2.75) is 32.2 Å². The lowest BCUT2D eigenvalue weighted by molar-refractivity contribution is -0.384. The van der Waals surface area contributed by atoms with Crippen LogP contribution in [0.1, 0.15) is 25.1 Å². The van der Waals surface area contributed by atoms with Gasteiger partial charge in [0.25, 0.3) is 11.2 Å². The summed E-state index contributed by atoms with van der Waals surface area (Å²) in [6.45, 7) is 0.689. The summed E-state index contributed by atoms with van der Waals surface area (Å²) in [6.07, 6.45) is 3.83. The molecule has 0 saturated carbocycles. The molecular weight excluding hydrogens is 246 g/mol. The van der Waals surface area contributed by atoms with E-state index in [1.54, 1.807) is 4.57 Å². The minimum absolute atomic E-state index is 0.0297. The summed E-state index contributed by atoms with van der Waals surface area (Å²) in [4.78, 5) is 27.1. The van der Waals surface area contributed by atoms with Crippen LogP contribution in [-0.4, -0.2) is 14.5 Å². The fraction of sp³-hybridized carbons (Fsp3) is 0.385. The molecule has 0 fully saturated rings. The average Bonchev–Trinajstić information content (AvgIpc) is 2.63. The van der Waals surface area contributed by atoms with Crippen molar-refractivity contribution in [2.24, 2.45) is 0 Å². The van der Waals surface area contributed by atoms with Crippen LogP contribution in [0, 0.1) is 10.1 Å². The monoisotopic (exact) mass is 259 g/mol. The van der Waals surface area contributed by atoms with Gasteiger partial charge in [0, 0.05) is 25.1 Å². The molecule has 0 N–H and O–H groups in total. The Balaban J connectivity index is 2.28. The van der Waals surface area contributed by atoms with Gasteiger partial charge >= 0.3 is 0 Å². The van der Waals surface area contributed by atoms with E-state index in [0.29, 0.717) is 17.4 Å². The van der Waals surface area contributed by atoms with Crippen molar-refractivity contribution in [3.05, 3.63) is 44.5 Å². The van der Waals surface area contributed by atoms with Gasteiger partial charge in [-0.15, -0.1) is 0 Å². The van der Waals surface area contributed by atoms with Crippen LogP contribution in [0.3, 0.4) is 0 Å². The maximum absolute atomic E-state index is 12.4. The van der Waals surface area contributed by atoms with Gasteiger partial charge < -0.3 is 0 Å². The van der Waals surface area contributed by atoms with Crippen LogP contribution in [0.15, 0.2) is 23.0 Å². The number of rotatable bonds is 1. The maximum atomic E-state index is 12.4. The van der Waals surface area contributed by atoms with Gasteiger partial charge in [-0.3, -0.25) is 19.5 Å². The molecule has 0 atom stereocenters. The zero-order chi connectivity index (χ0) is 13.4. The molecule has 6 heteroatoms. The molecule has 19 heavy (non-hydrogen) atoms. The molecule has 0 saturated heterocycles. The maximum Gasteiger partial charge on any atom is 0.271 e. The number of aromatic nitrogens is 2. The summed E-state index contributed by atoms with van der Waals surface area (Å²) in [5.74, 6) is 0.746. The third-order valence-corrected chi connectivity index (χ3v) is 3.51. The zero-order valence-electron chi connectivity index (χ0n) is 10.3. The number of nitro groups is 1. The Hall–Kier alpha value is -2.24. The molecule has 2 aromatic rings. The lowest BCUT2D eigenvalue weighted by Crippen LogP contribution is -2.24. The second kappa shape index (κ2) is 4.46. The van der Waals surface area contributed by atoms with E-state index in [1.807, 2.05) is 0 Å². The van der Waals surface area contributed by atoms with E-state index in [9.17, 15) is 14.9 Å². The standard InChI is InChI=1S/C13H13N3O3/c17-13-10-6-5-9(16(18)19)8-11(10)14-12-4-2-1-3-7-15(12)13/h5-6,8H,1-4,7H2. The van der Waals surface area contributed by atoms with Gasteiger partial charge in [0.05, 0.1) is 15.8 Å². The summed E-state index contributed by atoms with van der Waals surface area (Å²) in [5, 5.41) is 11.2. The molecule has 6 nitrogen and oxygen atoms in total. The quantitative estimate of drug-likeness (QED) is 0.580. The van der Waals surface area contributed by atoms with E-state index >= 15 is 0 Å². The van der Waals surface area contributed by atoms with E-state index in [0.717, 1.165) is 31.5 Å². The van der Waals surface area contributed by atoms with Crippen LogP contribution in [0.4, 0.5) is 5.69 Å². The highest BCUT2D eigenvalue weighted by Gasteiger charge is 2.15. The molecule has 0 amide bonds. The van der Waals surface area contributed by atoms with Gasteiger partial charge in [-0.1, -0.05) is 6.42 Å². The summed E-state index contributed by atoms with van der Waals surface area (Å²) < 4.78 is 1.71. The fourth-order valence-electron chi connectivity index (χ4n) is 2.52. The minimum atomic E-state index is -0.468. The Bertz CT molecular complexity index is 721. The molecule has 98 valence electrons.